The maximum atomic E-state index is 12.0. The fourth-order valence-electron chi connectivity index (χ4n) is 1.54. The van der Waals surface area contributed by atoms with Gasteiger partial charge in [-0.15, -0.1) is 11.3 Å². The minimum Gasteiger partial charge on any atom is -0.508 e. The quantitative estimate of drug-likeness (QED) is 0.855. The Bertz CT molecular complexity index is 560. The first kappa shape index (κ1) is 11.7. The Kier molecular flexibility index (Phi) is 3.15. The monoisotopic (exact) mass is 247 g/mol. The van der Waals surface area contributed by atoms with Crippen LogP contribution >= 0.6 is 11.3 Å². The van der Waals surface area contributed by atoms with Crippen LogP contribution in [0.25, 0.3) is 0 Å². The van der Waals surface area contributed by atoms with Crippen LogP contribution in [-0.4, -0.2) is 11.0 Å². The average molecular weight is 247 g/mol. The van der Waals surface area contributed by atoms with Crippen molar-refractivity contribution < 1.29 is 9.90 Å². The summed E-state index contributed by atoms with van der Waals surface area (Å²) in [7, 11) is 0. The molecule has 0 saturated heterocycles. The number of carbonyl (C=O) groups excluding carboxylic acids is 1. The third-order valence-corrected chi connectivity index (χ3v) is 3.64. The molecule has 4 heteroatoms. The lowest BCUT2D eigenvalue weighted by Crippen LogP contribution is -2.12. The summed E-state index contributed by atoms with van der Waals surface area (Å²) in [6.45, 7) is 3.67. The standard InChI is InChI=1S/C13H13NO2S/c1-8-6-7-17-12(8)13(16)14-10-4-3-5-11(15)9(10)2/h3-7,15H,1-2H3,(H,14,16). The molecule has 2 aromatic rings. The molecule has 0 unspecified atom stereocenters. The summed E-state index contributed by atoms with van der Waals surface area (Å²) in [5.74, 6) is 0.0527. The van der Waals surface area contributed by atoms with Gasteiger partial charge in [0.15, 0.2) is 0 Å². The van der Waals surface area contributed by atoms with Gasteiger partial charge in [0.25, 0.3) is 5.91 Å². The van der Waals surface area contributed by atoms with E-state index in [1.807, 2.05) is 18.4 Å². The van der Waals surface area contributed by atoms with E-state index in [1.54, 1.807) is 25.1 Å². The van der Waals surface area contributed by atoms with Crippen LogP contribution in [-0.2, 0) is 0 Å². The summed E-state index contributed by atoms with van der Waals surface area (Å²) in [4.78, 5) is 12.7. The molecule has 0 aliphatic rings. The lowest BCUT2D eigenvalue weighted by atomic mass is 10.1. The van der Waals surface area contributed by atoms with Gasteiger partial charge in [0, 0.05) is 11.3 Å². The lowest BCUT2D eigenvalue weighted by molar-refractivity contribution is 0.103. The van der Waals surface area contributed by atoms with Crippen LogP contribution in [0.4, 0.5) is 5.69 Å². The number of aromatic hydroxyl groups is 1. The molecular weight excluding hydrogens is 234 g/mol. The summed E-state index contributed by atoms with van der Waals surface area (Å²) in [5, 5.41) is 14.2. The molecular formula is C13H13NO2S. The minimum absolute atomic E-state index is 0.133. The van der Waals surface area contributed by atoms with Crippen LogP contribution < -0.4 is 5.32 Å². The fourth-order valence-corrected chi connectivity index (χ4v) is 2.36. The third-order valence-electron chi connectivity index (χ3n) is 2.62. The van der Waals surface area contributed by atoms with Crippen LogP contribution in [0.3, 0.4) is 0 Å². The van der Waals surface area contributed by atoms with Crippen LogP contribution in [0.2, 0.25) is 0 Å². The van der Waals surface area contributed by atoms with E-state index in [2.05, 4.69) is 5.32 Å². The Labute approximate surface area is 104 Å². The predicted molar refractivity (Wildman–Crippen MR) is 69.9 cm³/mol. The van der Waals surface area contributed by atoms with Crippen molar-refractivity contribution in [2.45, 2.75) is 13.8 Å². The molecule has 0 aliphatic carbocycles. The van der Waals surface area contributed by atoms with Crippen molar-refractivity contribution >= 4 is 22.9 Å². The molecule has 0 saturated carbocycles. The maximum Gasteiger partial charge on any atom is 0.266 e. The first-order valence-corrected chi connectivity index (χ1v) is 6.11. The Morgan fingerprint density at radius 1 is 1.29 bits per heavy atom. The Morgan fingerprint density at radius 3 is 2.71 bits per heavy atom. The maximum absolute atomic E-state index is 12.0. The summed E-state index contributed by atoms with van der Waals surface area (Å²) in [5.41, 5.74) is 2.28. The van der Waals surface area contributed by atoms with E-state index in [1.165, 1.54) is 11.3 Å². The predicted octanol–water partition coefficient (Wildman–Crippen LogP) is 3.32. The smallest absolute Gasteiger partial charge is 0.266 e. The van der Waals surface area contributed by atoms with Gasteiger partial charge in [-0.05, 0) is 43.0 Å². The highest BCUT2D eigenvalue weighted by Gasteiger charge is 2.12. The van der Waals surface area contributed by atoms with E-state index in [0.717, 1.165) is 5.56 Å². The zero-order chi connectivity index (χ0) is 12.4. The fraction of sp³-hybridized carbons (Fsp3) is 0.154. The van der Waals surface area contributed by atoms with E-state index in [-0.39, 0.29) is 11.7 Å². The van der Waals surface area contributed by atoms with Crippen molar-refractivity contribution in [3.8, 4) is 5.75 Å². The number of amides is 1. The third kappa shape index (κ3) is 2.31. The van der Waals surface area contributed by atoms with Gasteiger partial charge in [0.2, 0.25) is 0 Å². The van der Waals surface area contributed by atoms with Crippen molar-refractivity contribution in [1.82, 2.24) is 0 Å². The molecule has 0 radical (unpaired) electrons. The molecule has 1 amide bonds. The topological polar surface area (TPSA) is 49.3 Å². The lowest BCUT2D eigenvalue weighted by Gasteiger charge is -2.08. The molecule has 2 rings (SSSR count). The molecule has 1 aromatic carbocycles. The minimum atomic E-state index is -0.133. The summed E-state index contributed by atoms with van der Waals surface area (Å²) < 4.78 is 0. The molecule has 88 valence electrons. The molecule has 2 N–H and O–H groups in total. The number of phenolic OH excluding ortho intramolecular Hbond substituents is 1. The Morgan fingerprint density at radius 2 is 2.06 bits per heavy atom. The largest absolute Gasteiger partial charge is 0.508 e. The summed E-state index contributed by atoms with van der Waals surface area (Å²) in [6.07, 6.45) is 0. The van der Waals surface area contributed by atoms with Crippen molar-refractivity contribution in [1.29, 1.82) is 0 Å². The number of phenols is 1. The molecule has 0 fully saturated rings. The highest BCUT2D eigenvalue weighted by molar-refractivity contribution is 7.12. The summed E-state index contributed by atoms with van der Waals surface area (Å²) in [6, 6.07) is 6.99. The normalized spacial score (nSPS) is 10.2. The highest BCUT2D eigenvalue weighted by atomic mass is 32.1. The average Bonchev–Trinajstić information content (AvgIpc) is 2.71. The summed E-state index contributed by atoms with van der Waals surface area (Å²) >= 11 is 1.41. The van der Waals surface area contributed by atoms with Crippen molar-refractivity contribution in [2.24, 2.45) is 0 Å². The van der Waals surface area contributed by atoms with E-state index >= 15 is 0 Å². The van der Waals surface area contributed by atoms with Gasteiger partial charge in [0.1, 0.15) is 5.75 Å². The van der Waals surface area contributed by atoms with Crippen LogP contribution in [0.15, 0.2) is 29.6 Å². The van der Waals surface area contributed by atoms with Crippen LogP contribution in [0.1, 0.15) is 20.8 Å². The van der Waals surface area contributed by atoms with Gasteiger partial charge < -0.3 is 10.4 Å². The molecule has 3 nitrogen and oxygen atoms in total. The molecule has 1 aromatic heterocycles. The number of hydrogen-bond acceptors (Lipinski definition) is 3. The van der Waals surface area contributed by atoms with E-state index in [0.29, 0.717) is 16.1 Å². The SMILES string of the molecule is Cc1ccsc1C(=O)Nc1cccc(O)c1C. The van der Waals surface area contributed by atoms with Gasteiger partial charge in [-0.1, -0.05) is 6.07 Å². The molecule has 0 bridgehead atoms. The molecule has 1 heterocycles. The van der Waals surface area contributed by atoms with Gasteiger partial charge in [0.05, 0.1) is 4.88 Å². The van der Waals surface area contributed by atoms with Crippen molar-refractivity contribution in [3.63, 3.8) is 0 Å². The van der Waals surface area contributed by atoms with E-state index in [9.17, 15) is 9.90 Å². The first-order valence-electron chi connectivity index (χ1n) is 5.23. The molecule has 0 atom stereocenters. The number of benzene rings is 1. The Hall–Kier alpha value is -1.81. The first-order chi connectivity index (χ1) is 8.09. The second-order valence-electron chi connectivity index (χ2n) is 3.84. The van der Waals surface area contributed by atoms with Crippen molar-refractivity contribution in [2.75, 3.05) is 5.32 Å². The second kappa shape index (κ2) is 4.59. The number of nitrogens with one attached hydrogen (secondary N) is 1. The number of aryl methyl sites for hydroxylation is 1. The molecule has 17 heavy (non-hydrogen) atoms. The second-order valence-corrected chi connectivity index (χ2v) is 4.75. The van der Waals surface area contributed by atoms with Crippen LogP contribution in [0.5, 0.6) is 5.75 Å². The number of thiophene rings is 1. The number of hydrogen-bond donors (Lipinski definition) is 2. The molecule has 0 spiro atoms. The highest BCUT2D eigenvalue weighted by Crippen LogP contribution is 2.25. The molecule has 0 aliphatic heterocycles. The van der Waals surface area contributed by atoms with Gasteiger partial charge in [-0.2, -0.15) is 0 Å². The number of anilines is 1. The van der Waals surface area contributed by atoms with Crippen LogP contribution in [0, 0.1) is 13.8 Å². The van der Waals surface area contributed by atoms with Gasteiger partial charge >= 0.3 is 0 Å². The zero-order valence-corrected chi connectivity index (χ0v) is 10.5. The van der Waals surface area contributed by atoms with Gasteiger partial charge in [-0.3, -0.25) is 4.79 Å². The number of carbonyl (C=O) groups is 1. The van der Waals surface area contributed by atoms with E-state index in [4.69, 9.17) is 0 Å². The van der Waals surface area contributed by atoms with Gasteiger partial charge in [-0.25, -0.2) is 0 Å². The number of rotatable bonds is 2. The van der Waals surface area contributed by atoms with E-state index < -0.39 is 0 Å². The Balaban J connectivity index is 2.25. The van der Waals surface area contributed by atoms with Crippen molar-refractivity contribution in [3.05, 3.63) is 45.6 Å². The zero-order valence-electron chi connectivity index (χ0n) is 9.65.